The monoisotopic (exact) mass is 739 g/mol. The zero-order chi connectivity index (χ0) is 38.4. The first-order valence-corrected chi connectivity index (χ1v) is 19.8. The van der Waals surface area contributed by atoms with Crippen LogP contribution in [0.5, 0.6) is 0 Å². The third kappa shape index (κ3) is 5.72. The highest BCUT2D eigenvalue weighted by molar-refractivity contribution is 6.29. The molecule has 0 saturated carbocycles. The average molecular weight is 740 g/mol. The summed E-state index contributed by atoms with van der Waals surface area (Å²) in [6.45, 7) is 0. The van der Waals surface area contributed by atoms with Crippen LogP contribution < -0.4 is 4.90 Å². The van der Waals surface area contributed by atoms with Gasteiger partial charge in [0.1, 0.15) is 0 Å². The zero-order valence-electron chi connectivity index (χ0n) is 31.7. The number of hydrogen-bond donors (Lipinski definition) is 0. The smallest absolute Gasteiger partial charge is 0.0788 e. The fourth-order valence-electron chi connectivity index (χ4n) is 8.66. The molecule has 11 aromatic rings. The molecule has 0 bridgehead atoms. The van der Waals surface area contributed by atoms with Crippen LogP contribution in [0.3, 0.4) is 0 Å². The molecule has 0 spiro atoms. The topological polar surface area (TPSA) is 21.1 Å². The lowest BCUT2D eigenvalue weighted by Crippen LogP contribution is -2.09. The Hall–Kier alpha value is -7.75. The Morgan fingerprint density at radius 2 is 0.793 bits per heavy atom. The number of fused-ring (bicyclic) bond motifs is 7. The molecule has 0 aliphatic heterocycles. The number of nitrogens with zero attached hydrogens (tertiary/aromatic N) is 3. The van der Waals surface area contributed by atoms with E-state index >= 15 is 0 Å². The Morgan fingerprint density at radius 1 is 0.310 bits per heavy atom. The van der Waals surface area contributed by atoms with Crippen molar-refractivity contribution in [2.45, 2.75) is 0 Å². The predicted octanol–water partition coefficient (Wildman–Crippen LogP) is 15.0. The van der Waals surface area contributed by atoms with Crippen molar-refractivity contribution >= 4 is 60.5 Å². The van der Waals surface area contributed by atoms with Crippen molar-refractivity contribution in [2.24, 2.45) is 0 Å². The van der Waals surface area contributed by atoms with Crippen LogP contribution in [0.1, 0.15) is 0 Å². The van der Waals surface area contributed by atoms with Crippen LogP contribution in [0.4, 0.5) is 17.1 Å². The van der Waals surface area contributed by atoms with Gasteiger partial charge >= 0.3 is 0 Å². The van der Waals surface area contributed by atoms with Crippen molar-refractivity contribution in [3.8, 4) is 39.2 Å². The largest absolute Gasteiger partial charge is 0.311 e. The SMILES string of the molecule is c1ccc(-c2ccc(N(c3ccccc3)c3ccc(-c4ccc(-c5nc6ccccc6c6c5ccc5c6c6ccccc6n5-c5ccccc5)cc4)cc3)cc2)cc1. The van der Waals surface area contributed by atoms with Gasteiger partial charge in [0.15, 0.2) is 0 Å². The summed E-state index contributed by atoms with van der Waals surface area (Å²) in [5, 5.41) is 6.04. The minimum absolute atomic E-state index is 0.992. The molecule has 3 nitrogen and oxygen atoms in total. The molecule has 0 aliphatic rings. The van der Waals surface area contributed by atoms with Gasteiger partial charge in [0.2, 0.25) is 0 Å². The lowest BCUT2D eigenvalue weighted by atomic mass is 9.95. The van der Waals surface area contributed by atoms with E-state index in [4.69, 9.17) is 4.98 Å². The second-order valence-corrected chi connectivity index (χ2v) is 14.8. The van der Waals surface area contributed by atoms with Gasteiger partial charge < -0.3 is 9.47 Å². The Morgan fingerprint density at radius 3 is 1.45 bits per heavy atom. The van der Waals surface area contributed by atoms with Crippen molar-refractivity contribution in [3.05, 3.63) is 224 Å². The molecule has 0 saturated heterocycles. The van der Waals surface area contributed by atoms with E-state index in [0.717, 1.165) is 61.4 Å². The van der Waals surface area contributed by atoms with E-state index in [1.165, 1.54) is 38.3 Å². The molecule has 0 atom stereocenters. The second kappa shape index (κ2) is 14.1. The van der Waals surface area contributed by atoms with Gasteiger partial charge in [0.25, 0.3) is 0 Å². The van der Waals surface area contributed by atoms with Crippen molar-refractivity contribution in [2.75, 3.05) is 4.90 Å². The summed E-state index contributed by atoms with van der Waals surface area (Å²) in [7, 11) is 0. The van der Waals surface area contributed by atoms with Gasteiger partial charge in [-0.25, -0.2) is 4.98 Å². The third-order valence-corrected chi connectivity index (χ3v) is 11.4. The van der Waals surface area contributed by atoms with Crippen LogP contribution in [0.2, 0.25) is 0 Å². The maximum absolute atomic E-state index is 5.33. The molecule has 0 unspecified atom stereocenters. The number of rotatable bonds is 7. The van der Waals surface area contributed by atoms with E-state index in [1.54, 1.807) is 0 Å². The predicted molar refractivity (Wildman–Crippen MR) is 245 cm³/mol. The van der Waals surface area contributed by atoms with Gasteiger partial charge in [0, 0.05) is 55.2 Å². The number of pyridine rings is 1. The first kappa shape index (κ1) is 33.6. The van der Waals surface area contributed by atoms with E-state index in [-0.39, 0.29) is 0 Å². The standard InChI is InChI=1S/C55H37N3/c1-4-14-38(15-5-1)40-28-32-45(33-29-40)57(43-16-6-2-7-17-43)46-34-30-41(31-35-46)39-24-26-42(27-25-39)55-49-36-37-52-54(53(49)47-20-10-12-22-50(47)56-55)48-21-11-13-23-51(48)58(52)44-18-8-3-9-19-44/h1-37H. The maximum Gasteiger partial charge on any atom is 0.0788 e. The molecule has 0 amide bonds. The normalized spacial score (nSPS) is 11.4. The molecule has 2 aromatic heterocycles. The Kier molecular flexibility index (Phi) is 8.15. The number of hydrogen-bond acceptors (Lipinski definition) is 2. The van der Waals surface area contributed by atoms with E-state index in [1.807, 2.05) is 0 Å². The lowest BCUT2D eigenvalue weighted by Gasteiger charge is -2.26. The van der Waals surface area contributed by atoms with Crippen molar-refractivity contribution in [3.63, 3.8) is 0 Å². The maximum atomic E-state index is 5.33. The quantitative estimate of drug-likeness (QED) is 0.152. The van der Waals surface area contributed by atoms with E-state index in [9.17, 15) is 0 Å². The van der Waals surface area contributed by atoms with Crippen LogP contribution in [0, 0.1) is 0 Å². The summed E-state index contributed by atoms with van der Waals surface area (Å²) in [6.07, 6.45) is 0. The molecule has 9 aromatic carbocycles. The highest BCUT2D eigenvalue weighted by Crippen LogP contribution is 2.43. The van der Waals surface area contributed by atoms with Gasteiger partial charge in [-0.3, -0.25) is 0 Å². The van der Waals surface area contributed by atoms with Crippen LogP contribution in [0.25, 0.3) is 82.7 Å². The van der Waals surface area contributed by atoms with Gasteiger partial charge in [-0.1, -0.05) is 158 Å². The molecule has 3 heteroatoms. The molecule has 2 heterocycles. The third-order valence-electron chi connectivity index (χ3n) is 11.4. The van der Waals surface area contributed by atoms with Crippen LogP contribution >= 0.6 is 0 Å². The fourth-order valence-corrected chi connectivity index (χ4v) is 8.66. The minimum atomic E-state index is 0.992. The Balaban J connectivity index is 0.979. The highest BCUT2D eigenvalue weighted by atomic mass is 15.1. The molecule has 0 N–H and O–H groups in total. The van der Waals surface area contributed by atoms with E-state index in [0.29, 0.717) is 0 Å². The van der Waals surface area contributed by atoms with Crippen molar-refractivity contribution in [1.29, 1.82) is 0 Å². The van der Waals surface area contributed by atoms with Crippen molar-refractivity contribution in [1.82, 2.24) is 9.55 Å². The highest BCUT2D eigenvalue weighted by Gasteiger charge is 2.19. The van der Waals surface area contributed by atoms with Gasteiger partial charge in [-0.05, 0) is 89.0 Å². The van der Waals surface area contributed by atoms with E-state index in [2.05, 4.69) is 234 Å². The first-order valence-electron chi connectivity index (χ1n) is 19.8. The van der Waals surface area contributed by atoms with Crippen molar-refractivity contribution < 1.29 is 0 Å². The molecular weight excluding hydrogens is 703 g/mol. The van der Waals surface area contributed by atoms with E-state index < -0.39 is 0 Å². The Labute approximate surface area is 337 Å². The van der Waals surface area contributed by atoms with Gasteiger partial charge in [0.05, 0.1) is 22.2 Å². The summed E-state index contributed by atoms with van der Waals surface area (Å²) in [4.78, 5) is 7.64. The summed E-state index contributed by atoms with van der Waals surface area (Å²) in [5.41, 5.74) is 14.7. The minimum Gasteiger partial charge on any atom is -0.311 e. The van der Waals surface area contributed by atoms with Crippen LogP contribution in [-0.4, -0.2) is 9.55 Å². The number of anilines is 3. The second-order valence-electron chi connectivity index (χ2n) is 14.8. The molecule has 0 aliphatic carbocycles. The number of aromatic nitrogens is 2. The molecule has 272 valence electrons. The molecule has 58 heavy (non-hydrogen) atoms. The van der Waals surface area contributed by atoms with Gasteiger partial charge in [-0.2, -0.15) is 0 Å². The Bertz CT molecular complexity index is 3220. The summed E-state index contributed by atoms with van der Waals surface area (Å²) >= 11 is 0. The molecule has 0 radical (unpaired) electrons. The molecular formula is C55H37N3. The summed E-state index contributed by atoms with van der Waals surface area (Å²) in [5.74, 6) is 0. The number of para-hydroxylation sites is 4. The van der Waals surface area contributed by atoms with Gasteiger partial charge in [-0.15, -0.1) is 0 Å². The van der Waals surface area contributed by atoms with Crippen LogP contribution in [-0.2, 0) is 0 Å². The van der Waals surface area contributed by atoms with Crippen LogP contribution in [0.15, 0.2) is 224 Å². The molecule has 0 fully saturated rings. The summed E-state index contributed by atoms with van der Waals surface area (Å²) in [6, 6.07) is 80.2. The summed E-state index contributed by atoms with van der Waals surface area (Å²) < 4.78 is 2.39. The lowest BCUT2D eigenvalue weighted by molar-refractivity contribution is 1.18. The molecule has 11 rings (SSSR count). The first-order chi connectivity index (χ1) is 28.8. The fraction of sp³-hybridized carbons (Fsp3) is 0. The average Bonchev–Trinajstić information content (AvgIpc) is 3.65. The number of benzene rings is 9. The zero-order valence-corrected chi connectivity index (χ0v) is 31.7.